The largest absolute Gasteiger partial charge is 0.354 e. The normalized spacial score (nSPS) is 10.8. The molecule has 0 radical (unpaired) electrons. The van der Waals surface area contributed by atoms with Crippen molar-refractivity contribution < 1.29 is 0 Å². The first kappa shape index (κ1) is 12.9. The lowest BCUT2D eigenvalue weighted by molar-refractivity contribution is 0.581. The van der Waals surface area contributed by atoms with E-state index in [9.17, 15) is 0 Å². The van der Waals surface area contributed by atoms with Crippen LogP contribution < -0.4 is 10.2 Å². The molecule has 0 saturated heterocycles. The van der Waals surface area contributed by atoms with Crippen LogP contribution in [0, 0.1) is 6.92 Å². The zero-order valence-electron chi connectivity index (χ0n) is 10.7. The van der Waals surface area contributed by atoms with Gasteiger partial charge >= 0.3 is 0 Å². The Morgan fingerprint density at radius 2 is 2.19 bits per heavy atom. The van der Waals surface area contributed by atoms with Gasteiger partial charge in [0, 0.05) is 25.7 Å². The Morgan fingerprint density at radius 1 is 1.44 bits per heavy atom. The zero-order valence-corrected chi connectivity index (χ0v) is 10.7. The van der Waals surface area contributed by atoms with E-state index in [0.29, 0.717) is 6.04 Å². The van der Waals surface area contributed by atoms with Crippen molar-refractivity contribution in [3.05, 3.63) is 17.8 Å². The van der Waals surface area contributed by atoms with E-state index in [2.05, 4.69) is 47.3 Å². The molecule has 0 unspecified atom stereocenters. The molecule has 0 aliphatic rings. The number of hydrogen-bond acceptors (Lipinski definition) is 4. The molecule has 0 amide bonds. The minimum atomic E-state index is 0.530. The second kappa shape index (κ2) is 6.43. The number of hydrogen-bond donors (Lipinski definition) is 1. The molecule has 1 aromatic heterocycles. The van der Waals surface area contributed by atoms with Crippen molar-refractivity contribution in [3.63, 3.8) is 0 Å². The van der Waals surface area contributed by atoms with Gasteiger partial charge in [0.25, 0.3) is 0 Å². The topological polar surface area (TPSA) is 41.0 Å². The smallest absolute Gasteiger partial charge is 0.151 e. The molecule has 4 heteroatoms. The van der Waals surface area contributed by atoms with Crippen LogP contribution in [0.2, 0.25) is 0 Å². The fourth-order valence-electron chi connectivity index (χ4n) is 1.53. The minimum Gasteiger partial charge on any atom is -0.354 e. The highest BCUT2D eigenvalue weighted by molar-refractivity contribution is 5.38. The van der Waals surface area contributed by atoms with Gasteiger partial charge in [-0.05, 0) is 25.5 Å². The van der Waals surface area contributed by atoms with Gasteiger partial charge in [-0.15, -0.1) is 5.10 Å². The van der Waals surface area contributed by atoms with Crippen LogP contribution in [-0.4, -0.2) is 35.9 Å². The molecule has 0 aliphatic heterocycles. The summed E-state index contributed by atoms with van der Waals surface area (Å²) in [6, 6.07) is 2.61. The maximum absolute atomic E-state index is 4.16. The van der Waals surface area contributed by atoms with E-state index in [4.69, 9.17) is 0 Å². The maximum Gasteiger partial charge on any atom is 0.151 e. The first-order valence-corrected chi connectivity index (χ1v) is 5.91. The van der Waals surface area contributed by atoms with Crippen LogP contribution in [0.4, 0.5) is 5.82 Å². The first-order chi connectivity index (χ1) is 7.63. The van der Waals surface area contributed by atoms with Gasteiger partial charge in [0.15, 0.2) is 5.82 Å². The lowest BCUT2D eigenvalue weighted by Crippen LogP contribution is -2.35. The molecular weight excluding hydrogens is 200 g/mol. The molecule has 1 rings (SSSR count). The van der Waals surface area contributed by atoms with Gasteiger partial charge < -0.3 is 10.2 Å². The predicted octanol–water partition coefficient (Wildman–Crippen LogP) is 1.61. The summed E-state index contributed by atoms with van der Waals surface area (Å²) in [5.41, 5.74) is 1.15. The summed E-state index contributed by atoms with van der Waals surface area (Å²) in [5, 5.41) is 11.5. The van der Waals surface area contributed by atoms with Crippen LogP contribution in [0.3, 0.4) is 0 Å². The van der Waals surface area contributed by atoms with Crippen molar-refractivity contribution in [2.24, 2.45) is 0 Å². The van der Waals surface area contributed by atoms with Gasteiger partial charge in [-0.3, -0.25) is 0 Å². The average Bonchev–Trinajstić information content (AvgIpc) is 2.24. The molecule has 90 valence electrons. The molecule has 1 heterocycles. The SMILES string of the molecule is CCN(CCNC(C)C)c1cc(C)cnn1. The number of aromatic nitrogens is 2. The fourth-order valence-corrected chi connectivity index (χ4v) is 1.53. The first-order valence-electron chi connectivity index (χ1n) is 5.91. The Labute approximate surface area is 98.1 Å². The molecule has 0 aromatic carbocycles. The van der Waals surface area contributed by atoms with E-state index >= 15 is 0 Å². The third-order valence-electron chi connectivity index (χ3n) is 2.42. The third kappa shape index (κ3) is 4.14. The van der Waals surface area contributed by atoms with E-state index in [1.807, 2.05) is 6.92 Å². The number of likely N-dealkylation sites (N-methyl/N-ethyl adjacent to an activating group) is 1. The van der Waals surface area contributed by atoms with Crippen LogP contribution >= 0.6 is 0 Å². The van der Waals surface area contributed by atoms with Gasteiger partial charge in [0.1, 0.15) is 0 Å². The maximum atomic E-state index is 4.16. The Balaban J connectivity index is 2.53. The van der Waals surface area contributed by atoms with E-state index in [1.54, 1.807) is 6.20 Å². The van der Waals surface area contributed by atoms with Gasteiger partial charge in [-0.25, -0.2) is 0 Å². The van der Waals surface area contributed by atoms with Crippen LogP contribution in [0.5, 0.6) is 0 Å². The Hall–Kier alpha value is -1.16. The average molecular weight is 222 g/mol. The van der Waals surface area contributed by atoms with Gasteiger partial charge in [-0.1, -0.05) is 13.8 Å². The summed E-state index contributed by atoms with van der Waals surface area (Å²) >= 11 is 0. The van der Waals surface area contributed by atoms with E-state index < -0.39 is 0 Å². The molecule has 0 aliphatic carbocycles. The Morgan fingerprint density at radius 3 is 2.75 bits per heavy atom. The summed E-state index contributed by atoms with van der Waals surface area (Å²) in [6.07, 6.45) is 1.78. The summed E-state index contributed by atoms with van der Waals surface area (Å²) < 4.78 is 0. The van der Waals surface area contributed by atoms with Crippen LogP contribution in [0.25, 0.3) is 0 Å². The molecule has 0 bridgehead atoms. The van der Waals surface area contributed by atoms with Crippen molar-refractivity contribution in [1.29, 1.82) is 0 Å². The van der Waals surface area contributed by atoms with Crippen LogP contribution in [0.15, 0.2) is 12.3 Å². The number of nitrogens with one attached hydrogen (secondary N) is 1. The number of aryl methyl sites for hydroxylation is 1. The highest BCUT2D eigenvalue weighted by Crippen LogP contribution is 2.09. The molecule has 1 aromatic rings. The molecule has 16 heavy (non-hydrogen) atoms. The zero-order chi connectivity index (χ0) is 12.0. The van der Waals surface area contributed by atoms with Crippen molar-refractivity contribution in [2.45, 2.75) is 33.7 Å². The molecule has 0 fully saturated rings. The van der Waals surface area contributed by atoms with Crippen molar-refractivity contribution >= 4 is 5.82 Å². The second-order valence-electron chi connectivity index (χ2n) is 4.28. The van der Waals surface area contributed by atoms with Gasteiger partial charge in [0.2, 0.25) is 0 Å². The predicted molar refractivity (Wildman–Crippen MR) is 67.8 cm³/mol. The van der Waals surface area contributed by atoms with E-state index in [1.165, 1.54) is 0 Å². The number of nitrogens with zero attached hydrogens (tertiary/aromatic N) is 3. The van der Waals surface area contributed by atoms with Crippen LogP contribution in [-0.2, 0) is 0 Å². The summed E-state index contributed by atoms with van der Waals surface area (Å²) in [6.45, 7) is 11.4. The monoisotopic (exact) mass is 222 g/mol. The molecular formula is C12H22N4. The van der Waals surface area contributed by atoms with E-state index in [0.717, 1.165) is 31.0 Å². The third-order valence-corrected chi connectivity index (χ3v) is 2.42. The van der Waals surface area contributed by atoms with Gasteiger partial charge in [0.05, 0.1) is 6.20 Å². The lowest BCUT2D eigenvalue weighted by Gasteiger charge is -2.22. The standard InChI is InChI=1S/C12H22N4/c1-5-16(7-6-13-10(2)3)12-8-11(4)9-14-15-12/h8-10,13H,5-7H2,1-4H3. The van der Waals surface area contributed by atoms with E-state index in [-0.39, 0.29) is 0 Å². The molecule has 4 nitrogen and oxygen atoms in total. The minimum absolute atomic E-state index is 0.530. The second-order valence-corrected chi connectivity index (χ2v) is 4.28. The number of rotatable bonds is 6. The summed E-state index contributed by atoms with van der Waals surface area (Å²) in [4.78, 5) is 2.23. The molecule has 0 atom stereocenters. The Bertz CT molecular complexity index is 312. The molecule has 0 saturated carbocycles. The molecule has 0 spiro atoms. The Kier molecular flexibility index (Phi) is 5.19. The van der Waals surface area contributed by atoms with Crippen molar-refractivity contribution in [2.75, 3.05) is 24.5 Å². The highest BCUT2D eigenvalue weighted by Gasteiger charge is 2.06. The fraction of sp³-hybridized carbons (Fsp3) is 0.667. The van der Waals surface area contributed by atoms with Gasteiger partial charge in [-0.2, -0.15) is 5.10 Å². The highest BCUT2D eigenvalue weighted by atomic mass is 15.3. The van der Waals surface area contributed by atoms with Crippen molar-refractivity contribution in [3.8, 4) is 0 Å². The summed E-state index contributed by atoms with van der Waals surface area (Å²) in [7, 11) is 0. The van der Waals surface area contributed by atoms with Crippen LogP contribution in [0.1, 0.15) is 26.3 Å². The van der Waals surface area contributed by atoms with Crippen molar-refractivity contribution in [1.82, 2.24) is 15.5 Å². The quantitative estimate of drug-likeness (QED) is 0.794. The summed E-state index contributed by atoms with van der Waals surface area (Å²) in [5.74, 6) is 0.966. The molecule has 1 N–H and O–H groups in total. The lowest BCUT2D eigenvalue weighted by atomic mass is 10.3. The number of anilines is 1.